The largest absolute Gasteiger partial charge is 0.353 e. The zero-order valence-electron chi connectivity index (χ0n) is 20.0. The van der Waals surface area contributed by atoms with Crippen molar-refractivity contribution in [3.05, 3.63) is 59.7 Å². The predicted molar refractivity (Wildman–Crippen MR) is 138 cm³/mol. The first-order chi connectivity index (χ1) is 15.7. The average Bonchev–Trinajstić information content (AvgIpc) is 3.63. The summed E-state index contributed by atoms with van der Waals surface area (Å²) in [5.74, 6) is 1.28. The van der Waals surface area contributed by atoms with Crippen molar-refractivity contribution < 1.29 is 4.79 Å². The molecule has 2 aromatic rings. The lowest BCUT2D eigenvalue weighted by molar-refractivity contribution is -0.123. The van der Waals surface area contributed by atoms with Crippen LogP contribution in [0.25, 0.3) is 0 Å². The fourth-order valence-corrected chi connectivity index (χ4v) is 5.40. The Morgan fingerprint density at radius 3 is 2.25 bits per heavy atom. The third-order valence-corrected chi connectivity index (χ3v) is 7.54. The Morgan fingerprint density at radius 1 is 0.781 bits per heavy atom. The van der Waals surface area contributed by atoms with Crippen LogP contribution in [-0.4, -0.2) is 19.2 Å². The summed E-state index contributed by atoms with van der Waals surface area (Å²) < 4.78 is 0. The minimum Gasteiger partial charge on any atom is -0.353 e. The van der Waals surface area contributed by atoms with E-state index < -0.39 is 0 Å². The van der Waals surface area contributed by atoms with Crippen LogP contribution >= 0.6 is 0 Å². The molecule has 0 spiro atoms. The van der Waals surface area contributed by atoms with Gasteiger partial charge in [-0.05, 0) is 62.5 Å². The molecule has 0 saturated heterocycles. The van der Waals surface area contributed by atoms with Gasteiger partial charge in [-0.1, -0.05) is 98.0 Å². The van der Waals surface area contributed by atoms with Crippen molar-refractivity contribution in [3.8, 4) is 0 Å². The molecular weight excluding hydrogens is 389 g/mol. The van der Waals surface area contributed by atoms with Crippen LogP contribution in [0.5, 0.6) is 0 Å². The summed E-state index contributed by atoms with van der Waals surface area (Å²) in [5, 5.41) is 3.40. The zero-order chi connectivity index (χ0) is 22.2. The Labute approximate surface area is 195 Å². The Bertz CT molecular complexity index is 861. The molecule has 0 aromatic heterocycles. The molecule has 3 heteroatoms. The molecule has 170 valence electrons. The lowest BCUT2D eigenvalue weighted by atomic mass is 9.63. The van der Waals surface area contributed by atoms with Gasteiger partial charge in [-0.25, -0.2) is 0 Å². The first kappa shape index (κ1) is 23.1. The lowest BCUT2D eigenvalue weighted by Gasteiger charge is -2.24. The van der Waals surface area contributed by atoms with Gasteiger partial charge in [0.1, 0.15) is 0 Å². The maximum Gasteiger partial charge on any atom is 0.223 e. The van der Waals surface area contributed by atoms with Crippen LogP contribution in [0.15, 0.2) is 48.5 Å². The highest BCUT2D eigenvalue weighted by atomic mass is 16.2. The standard InChI is InChI=1S/C29H40BNO/c1-22-17-20-26(30-25-13-7-5-8-14-25)21-28(22)23-11-6-3-2-4-9-15-27(16-10-12-23)31-29(32)24-18-19-24/h5,7-8,13-14,17,20-21,23-24,27,30H,2-4,6,9-12,15-16,18-19H2,1H3,(H,31,32). The lowest BCUT2D eigenvalue weighted by Crippen LogP contribution is -2.36. The van der Waals surface area contributed by atoms with E-state index in [0.717, 1.165) is 33.0 Å². The average molecular weight is 429 g/mol. The molecule has 0 aliphatic heterocycles. The normalized spacial score (nSPS) is 22.9. The van der Waals surface area contributed by atoms with Gasteiger partial charge in [0, 0.05) is 12.0 Å². The molecule has 1 amide bonds. The quantitative estimate of drug-likeness (QED) is 0.645. The maximum absolute atomic E-state index is 12.4. The van der Waals surface area contributed by atoms with E-state index >= 15 is 0 Å². The highest BCUT2D eigenvalue weighted by molar-refractivity contribution is 6.67. The van der Waals surface area contributed by atoms with Gasteiger partial charge in [0.15, 0.2) is 7.28 Å². The van der Waals surface area contributed by atoms with Gasteiger partial charge in [0.2, 0.25) is 5.91 Å². The number of aryl methyl sites for hydroxylation is 1. The van der Waals surface area contributed by atoms with Gasteiger partial charge in [-0.3, -0.25) is 4.79 Å². The number of benzene rings is 2. The summed E-state index contributed by atoms with van der Waals surface area (Å²) in [5.41, 5.74) is 5.82. The number of hydrogen-bond acceptors (Lipinski definition) is 1. The molecular formula is C29H40BNO. The SMILES string of the molecule is Cc1ccc(Bc2ccccc2)cc1C1CCCCCCCC(NC(=O)C2CC2)CCC1. The van der Waals surface area contributed by atoms with E-state index in [0.29, 0.717) is 23.8 Å². The third-order valence-electron chi connectivity index (χ3n) is 7.54. The molecule has 0 heterocycles. The van der Waals surface area contributed by atoms with Gasteiger partial charge in [-0.2, -0.15) is 0 Å². The number of carbonyl (C=O) groups excluding carboxylic acids is 1. The Balaban J connectivity index is 1.43. The number of carbonyl (C=O) groups is 1. The smallest absolute Gasteiger partial charge is 0.223 e. The number of hydrogen-bond donors (Lipinski definition) is 1. The van der Waals surface area contributed by atoms with Gasteiger partial charge >= 0.3 is 0 Å². The highest BCUT2D eigenvalue weighted by Crippen LogP contribution is 2.32. The molecule has 2 atom stereocenters. The van der Waals surface area contributed by atoms with Gasteiger partial charge in [-0.15, -0.1) is 0 Å². The van der Waals surface area contributed by atoms with Crippen LogP contribution in [-0.2, 0) is 4.79 Å². The van der Waals surface area contributed by atoms with Crippen molar-refractivity contribution >= 4 is 24.1 Å². The van der Waals surface area contributed by atoms with Crippen molar-refractivity contribution in [2.45, 2.75) is 95.9 Å². The minimum absolute atomic E-state index is 0.319. The predicted octanol–water partition coefficient (Wildman–Crippen LogP) is 5.28. The molecule has 2 nitrogen and oxygen atoms in total. The molecule has 1 N–H and O–H groups in total. The molecule has 0 radical (unpaired) electrons. The van der Waals surface area contributed by atoms with Gasteiger partial charge < -0.3 is 5.32 Å². The van der Waals surface area contributed by atoms with Crippen LogP contribution in [0.4, 0.5) is 0 Å². The maximum atomic E-state index is 12.4. The molecule has 0 bridgehead atoms. The first-order valence-electron chi connectivity index (χ1n) is 13.1. The molecule has 2 saturated carbocycles. The van der Waals surface area contributed by atoms with E-state index in [1.807, 2.05) is 0 Å². The summed E-state index contributed by atoms with van der Waals surface area (Å²) >= 11 is 0. The monoisotopic (exact) mass is 429 g/mol. The van der Waals surface area contributed by atoms with E-state index in [9.17, 15) is 4.79 Å². The first-order valence-corrected chi connectivity index (χ1v) is 13.1. The highest BCUT2D eigenvalue weighted by Gasteiger charge is 2.30. The third kappa shape index (κ3) is 6.99. The summed E-state index contributed by atoms with van der Waals surface area (Å²) in [6.45, 7) is 2.29. The van der Waals surface area contributed by atoms with E-state index in [2.05, 4.69) is 60.8 Å². The molecule has 32 heavy (non-hydrogen) atoms. The van der Waals surface area contributed by atoms with Crippen molar-refractivity contribution in [1.82, 2.24) is 5.32 Å². The second kappa shape index (κ2) is 11.7. The Hall–Kier alpha value is -2.03. The second-order valence-corrected chi connectivity index (χ2v) is 10.3. The minimum atomic E-state index is 0.319. The molecule has 2 aromatic carbocycles. The van der Waals surface area contributed by atoms with E-state index in [-0.39, 0.29) is 0 Å². The van der Waals surface area contributed by atoms with Gasteiger partial charge in [0.05, 0.1) is 0 Å². The molecule has 2 fully saturated rings. The van der Waals surface area contributed by atoms with Crippen LogP contribution < -0.4 is 16.2 Å². The number of rotatable bonds is 5. The van der Waals surface area contributed by atoms with Crippen molar-refractivity contribution in [2.75, 3.05) is 0 Å². The molecule has 2 aliphatic carbocycles. The Kier molecular flexibility index (Phi) is 8.48. The van der Waals surface area contributed by atoms with Crippen LogP contribution in [0.1, 0.15) is 94.1 Å². The Morgan fingerprint density at radius 2 is 1.47 bits per heavy atom. The second-order valence-electron chi connectivity index (χ2n) is 10.3. The van der Waals surface area contributed by atoms with E-state index in [1.54, 1.807) is 5.56 Å². The van der Waals surface area contributed by atoms with E-state index in [1.165, 1.54) is 67.9 Å². The number of nitrogens with one attached hydrogen (secondary N) is 1. The fourth-order valence-electron chi connectivity index (χ4n) is 5.40. The molecule has 2 unspecified atom stereocenters. The fraction of sp³-hybridized carbons (Fsp3) is 0.552. The summed E-state index contributed by atoms with van der Waals surface area (Å²) in [7, 11) is 1.01. The van der Waals surface area contributed by atoms with Crippen LogP contribution in [0.3, 0.4) is 0 Å². The van der Waals surface area contributed by atoms with E-state index in [4.69, 9.17) is 0 Å². The van der Waals surface area contributed by atoms with Crippen molar-refractivity contribution in [3.63, 3.8) is 0 Å². The molecule has 2 aliphatic rings. The summed E-state index contributed by atoms with van der Waals surface area (Å²) in [4.78, 5) is 12.4. The summed E-state index contributed by atoms with van der Waals surface area (Å²) in [6, 6.07) is 18.3. The van der Waals surface area contributed by atoms with Crippen LogP contribution in [0, 0.1) is 12.8 Å². The molecule has 4 rings (SSSR count). The van der Waals surface area contributed by atoms with Crippen LogP contribution in [0.2, 0.25) is 0 Å². The topological polar surface area (TPSA) is 29.1 Å². The summed E-state index contributed by atoms with van der Waals surface area (Å²) in [6.07, 6.45) is 14.8. The van der Waals surface area contributed by atoms with Gasteiger partial charge in [0.25, 0.3) is 0 Å². The number of amides is 1. The van der Waals surface area contributed by atoms with Crippen molar-refractivity contribution in [2.24, 2.45) is 5.92 Å². The van der Waals surface area contributed by atoms with Crippen molar-refractivity contribution in [1.29, 1.82) is 0 Å². The zero-order valence-corrected chi connectivity index (χ0v) is 20.0.